The summed E-state index contributed by atoms with van der Waals surface area (Å²) in [5.41, 5.74) is -3.18. The Hall–Kier alpha value is -3.02. The Bertz CT molecular complexity index is 762. The Morgan fingerprint density at radius 2 is 1.89 bits per heavy atom. The van der Waals surface area contributed by atoms with Crippen LogP contribution in [0, 0.1) is 10.1 Å². The molecule has 1 fully saturated rings. The Morgan fingerprint density at radius 1 is 1.30 bits per heavy atom. The predicted octanol–water partition coefficient (Wildman–Crippen LogP) is 1.26. The van der Waals surface area contributed by atoms with Crippen LogP contribution in [0.25, 0.3) is 0 Å². The molecule has 0 radical (unpaired) electrons. The van der Waals surface area contributed by atoms with Crippen LogP contribution in [0.1, 0.15) is 23.2 Å². The van der Waals surface area contributed by atoms with Crippen molar-refractivity contribution in [2.24, 2.45) is 0 Å². The first-order chi connectivity index (χ1) is 12.6. The quantitative estimate of drug-likeness (QED) is 0.547. The summed E-state index contributed by atoms with van der Waals surface area (Å²) in [6, 6.07) is 1.58. The van der Waals surface area contributed by atoms with E-state index in [1.54, 1.807) is 0 Å². The third-order valence-corrected chi connectivity index (χ3v) is 4.20. The zero-order chi connectivity index (χ0) is 20.4. The standard InChI is InChI=1S/C15H16F2N2O8/c1-26-10-6-8(9(19(24)25)7-11(10)27-14(16)17)12(20)18-4-2-15(23,3-5-18)13(21)22/h6-7,14,23H,2-5H2,1H3,(H,21,22). The fourth-order valence-electron chi connectivity index (χ4n) is 2.68. The van der Waals surface area contributed by atoms with Crippen molar-refractivity contribution in [2.45, 2.75) is 25.1 Å². The number of carboxylic acids is 1. The molecule has 10 nitrogen and oxygen atoms in total. The molecule has 2 N–H and O–H groups in total. The van der Waals surface area contributed by atoms with E-state index in [0.29, 0.717) is 6.07 Å². The smallest absolute Gasteiger partial charge is 0.387 e. The Morgan fingerprint density at radius 3 is 2.33 bits per heavy atom. The van der Waals surface area contributed by atoms with Crippen LogP contribution in [0.5, 0.6) is 11.5 Å². The van der Waals surface area contributed by atoms with Crippen molar-refractivity contribution in [2.75, 3.05) is 20.2 Å². The number of piperidine rings is 1. The second-order valence-corrected chi connectivity index (χ2v) is 5.78. The molecular weight excluding hydrogens is 374 g/mol. The lowest BCUT2D eigenvalue weighted by Crippen LogP contribution is -2.50. The van der Waals surface area contributed by atoms with Gasteiger partial charge in [-0.2, -0.15) is 8.78 Å². The minimum atomic E-state index is -3.25. The van der Waals surface area contributed by atoms with Crippen molar-refractivity contribution >= 4 is 17.6 Å². The molecule has 1 amide bonds. The summed E-state index contributed by atoms with van der Waals surface area (Å²) in [7, 11) is 1.11. The molecule has 1 aromatic rings. The second kappa shape index (κ2) is 7.70. The van der Waals surface area contributed by atoms with E-state index >= 15 is 0 Å². The maximum absolute atomic E-state index is 12.7. The molecule has 0 spiro atoms. The van der Waals surface area contributed by atoms with E-state index in [1.807, 2.05) is 0 Å². The molecule has 0 bridgehead atoms. The molecule has 0 unspecified atom stereocenters. The van der Waals surface area contributed by atoms with Crippen molar-refractivity contribution in [3.8, 4) is 11.5 Å². The average molecular weight is 390 g/mol. The molecule has 0 aromatic heterocycles. The second-order valence-electron chi connectivity index (χ2n) is 5.78. The number of aliphatic hydroxyl groups is 1. The zero-order valence-electron chi connectivity index (χ0n) is 14.1. The van der Waals surface area contributed by atoms with Crippen molar-refractivity contribution in [3.05, 3.63) is 27.8 Å². The largest absolute Gasteiger partial charge is 0.493 e. The summed E-state index contributed by atoms with van der Waals surface area (Å²) in [6.45, 7) is -3.57. The topological polar surface area (TPSA) is 139 Å². The van der Waals surface area contributed by atoms with Crippen molar-refractivity contribution in [3.63, 3.8) is 0 Å². The minimum Gasteiger partial charge on any atom is -0.493 e. The van der Waals surface area contributed by atoms with Gasteiger partial charge < -0.3 is 24.6 Å². The number of hydrogen-bond donors (Lipinski definition) is 2. The number of halogens is 2. The number of nitro groups is 1. The van der Waals surface area contributed by atoms with Crippen LogP contribution in [0.2, 0.25) is 0 Å². The molecule has 1 aliphatic rings. The fraction of sp³-hybridized carbons (Fsp3) is 0.467. The van der Waals surface area contributed by atoms with E-state index in [0.717, 1.165) is 18.1 Å². The number of carbonyl (C=O) groups excluding carboxylic acids is 1. The van der Waals surface area contributed by atoms with Gasteiger partial charge in [-0.25, -0.2) is 4.79 Å². The summed E-state index contributed by atoms with van der Waals surface area (Å²) in [5, 5.41) is 30.2. The van der Waals surface area contributed by atoms with Gasteiger partial charge in [0.2, 0.25) is 0 Å². The van der Waals surface area contributed by atoms with Crippen LogP contribution < -0.4 is 9.47 Å². The SMILES string of the molecule is COc1cc(C(=O)N2CCC(O)(C(=O)O)CC2)c([N+](=O)[O-])cc1OC(F)F. The van der Waals surface area contributed by atoms with Crippen LogP contribution in [-0.4, -0.2) is 64.3 Å². The molecule has 1 saturated heterocycles. The van der Waals surface area contributed by atoms with Gasteiger partial charge in [-0.05, 0) is 0 Å². The number of rotatable bonds is 6. The number of carboxylic acid groups (broad SMARTS) is 1. The first kappa shape index (κ1) is 20.3. The highest BCUT2D eigenvalue weighted by Crippen LogP contribution is 2.36. The van der Waals surface area contributed by atoms with E-state index < -0.39 is 46.0 Å². The Balaban J connectivity index is 2.35. The van der Waals surface area contributed by atoms with E-state index in [9.17, 15) is 33.6 Å². The van der Waals surface area contributed by atoms with Crippen molar-refractivity contribution in [1.29, 1.82) is 0 Å². The fourth-order valence-corrected chi connectivity index (χ4v) is 2.68. The third kappa shape index (κ3) is 4.22. The Kier molecular flexibility index (Phi) is 5.78. The summed E-state index contributed by atoms with van der Waals surface area (Å²) >= 11 is 0. The number of alkyl halides is 2. The van der Waals surface area contributed by atoms with Crippen LogP contribution in [0.15, 0.2) is 12.1 Å². The minimum absolute atomic E-state index is 0.156. The molecule has 0 saturated carbocycles. The lowest BCUT2D eigenvalue weighted by molar-refractivity contribution is -0.385. The number of nitro benzene ring substituents is 1. The van der Waals surface area contributed by atoms with Crippen LogP contribution >= 0.6 is 0 Å². The number of likely N-dealkylation sites (tertiary alicyclic amines) is 1. The molecule has 27 heavy (non-hydrogen) atoms. The number of carbonyl (C=O) groups is 2. The van der Waals surface area contributed by atoms with E-state index in [1.165, 1.54) is 0 Å². The lowest BCUT2D eigenvalue weighted by atomic mass is 9.91. The van der Waals surface area contributed by atoms with E-state index in [2.05, 4.69) is 4.74 Å². The molecule has 0 atom stereocenters. The first-order valence-electron chi connectivity index (χ1n) is 7.65. The molecule has 0 aliphatic carbocycles. The Labute approximate surface area is 151 Å². The number of ether oxygens (including phenoxy) is 2. The van der Waals surface area contributed by atoms with Gasteiger partial charge in [0.25, 0.3) is 11.6 Å². The van der Waals surface area contributed by atoms with Crippen LogP contribution in [0.3, 0.4) is 0 Å². The van der Waals surface area contributed by atoms with Crippen molar-refractivity contribution < 1.29 is 43.0 Å². The van der Waals surface area contributed by atoms with Gasteiger partial charge in [0.15, 0.2) is 17.1 Å². The summed E-state index contributed by atoms with van der Waals surface area (Å²) < 4.78 is 34.0. The molecule has 148 valence electrons. The number of methoxy groups -OCH3 is 1. The molecule has 12 heteroatoms. The zero-order valence-corrected chi connectivity index (χ0v) is 14.1. The number of aliphatic carboxylic acids is 1. The number of nitrogens with zero attached hydrogens (tertiary/aromatic N) is 2. The van der Waals surface area contributed by atoms with Gasteiger partial charge in [-0.1, -0.05) is 0 Å². The van der Waals surface area contributed by atoms with Gasteiger partial charge in [0, 0.05) is 32.0 Å². The molecule has 2 rings (SSSR count). The van der Waals surface area contributed by atoms with Gasteiger partial charge in [0.05, 0.1) is 18.1 Å². The van der Waals surface area contributed by atoms with Crippen LogP contribution in [0.4, 0.5) is 14.5 Å². The molecule has 1 aliphatic heterocycles. The van der Waals surface area contributed by atoms with Gasteiger partial charge in [-0.3, -0.25) is 14.9 Å². The lowest BCUT2D eigenvalue weighted by Gasteiger charge is -2.35. The monoisotopic (exact) mass is 390 g/mol. The molecule has 1 heterocycles. The summed E-state index contributed by atoms with van der Waals surface area (Å²) in [6.07, 6.45) is -0.517. The molecule has 1 aromatic carbocycles. The number of hydrogen-bond acceptors (Lipinski definition) is 7. The highest BCUT2D eigenvalue weighted by Gasteiger charge is 2.41. The highest BCUT2D eigenvalue weighted by molar-refractivity contribution is 5.99. The van der Waals surface area contributed by atoms with Gasteiger partial charge in [0.1, 0.15) is 5.56 Å². The van der Waals surface area contributed by atoms with E-state index in [4.69, 9.17) is 9.84 Å². The summed E-state index contributed by atoms with van der Waals surface area (Å²) in [5.74, 6) is -3.15. The first-order valence-corrected chi connectivity index (χ1v) is 7.65. The average Bonchev–Trinajstić information content (AvgIpc) is 2.60. The maximum Gasteiger partial charge on any atom is 0.387 e. The van der Waals surface area contributed by atoms with E-state index in [-0.39, 0.29) is 31.7 Å². The number of benzene rings is 1. The van der Waals surface area contributed by atoms with Gasteiger partial charge in [-0.15, -0.1) is 0 Å². The van der Waals surface area contributed by atoms with Crippen LogP contribution in [-0.2, 0) is 4.79 Å². The van der Waals surface area contributed by atoms with Gasteiger partial charge >= 0.3 is 12.6 Å². The number of amides is 1. The third-order valence-electron chi connectivity index (χ3n) is 4.20. The maximum atomic E-state index is 12.7. The van der Waals surface area contributed by atoms with Crippen molar-refractivity contribution in [1.82, 2.24) is 4.90 Å². The highest BCUT2D eigenvalue weighted by atomic mass is 19.3. The summed E-state index contributed by atoms with van der Waals surface area (Å²) in [4.78, 5) is 35.2. The predicted molar refractivity (Wildman–Crippen MR) is 84.0 cm³/mol. The normalized spacial score (nSPS) is 16.1. The molecular formula is C15H16F2N2O8.